The lowest BCUT2D eigenvalue weighted by molar-refractivity contribution is 0.103. The van der Waals surface area contributed by atoms with E-state index in [0.29, 0.717) is 40.3 Å². The number of carbonyl (C=O) groups is 1. The van der Waals surface area contributed by atoms with E-state index in [1.165, 1.54) is 18.9 Å². The number of rotatable bonds is 9. The second kappa shape index (κ2) is 24.5. The van der Waals surface area contributed by atoms with Gasteiger partial charge in [0.05, 0.1) is 35.6 Å². The predicted molar refractivity (Wildman–Crippen MR) is 206 cm³/mol. The van der Waals surface area contributed by atoms with Crippen molar-refractivity contribution in [1.82, 2.24) is 19.8 Å². The Morgan fingerprint density at radius 2 is 1.67 bits per heavy atom. The van der Waals surface area contributed by atoms with E-state index in [1.807, 2.05) is 77.1 Å². The van der Waals surface area contributed by atoms with Gasteiger partial charge in [0, 0.05) is 19.7 Å². The summed E-state index contributed by atoms with van der Waals surface area (Å²) < 4.78 is 12.8. The highest BCUT2D eigenvalue weighted by molar-refractivity contribution is 6.13. The van der Waals surface area contributed by atoms with E-state index < -0.39 is 0 Å². The van der Waals surface area contributed by atoms with Crippen molar-refractivity contribution in [3.8, 4) is 0 Å². The maximum absolute atomic E-state index is 13.5. The smallest absolute Gasteiger partial charge is 0.192 e. The summed E-state index contributed by atoms with van der Waals surface area (Å²) >= 11 is 0. The Bertz CT molecular complexity index is 1340. The van der Waals surface area contributed by atoms with E-state index >= 15 is 0 Å². The molecule has 3 rings (SSSR count). The first-order chi connectivity index (χ1) is 22.7. The second-order valence-electron chi connectivity index (χ2n) is 12.5. The first-order valence-electron chi connectivity index (χ1n) is 17.3. The molecular weight excluding hydrogens is 599 g/mol. The average molecular weight is 665 g/mol. The van der Waals surface area contributed by atoms with Gasteiger partial charge in [-0.05, 0) is 102 Å². The van der Waals surface area contributed by atoms with Gasteiger partial charge in [-0.2, -0.15) is 0 Å². The summed E-state index contributed by atoms with van der Waals surface area (Å²) in [7, 11) is 5.94. The number of nitrogens with two attached hydrogens (primary N) is 2. The number of ketones is 1. The Labute approximate surface area is 292 Å². The molecule has 0 aromatic carbocycles. The van der Waals surface area contributed by atoms with Crippen molar-refractivity contribution in [3.63, 3.8) is 0 Å². The number of allylic oxidation sites excluding steroid dienone is 11. The zero-order chi connectivity index (χ0) is 36.8. The Morgan fingerprint density at radius 3 is 2.06 bits per heavy atom. The number of aromatic nitrogens is 2. The van der Waals surface area contributed by atoms with Gasteiger partial charge in [0.25, 0.3) is 0 Å². The third-order valence-corrected chi connectivity index (χ3v) is 7.99. The summed E-state index contributed by atoms with van der Waals surface area (Å²) in [5.41, 5.74) is 16.3. The zero-order valence-electron chi connectivity index (χ0n) is 32.0. The molecule has 2 aliphatic rings. The minimum Gasteiger partial charge on any atom is -0.386 e. The normalized spacial score (nSPS) is 19.3. The fourth-order valence-electron chi connectivity index (χ4n) is 4.19. The van der Waals surface area contributed by atoms with Gasteiger partial charge < -0.3 is 21.3 Å². The number of hydrogen-bond donors (Lipinski definition) is 2. The minimum absolute atomic E-state index is 0.129. The highest BCUT2D eigenvalue weighted by Gasteiger charge is 2.25. The first kappa shape index (κ1) is 44.4. The molecule has 7 nitrogen and oxygen atoms in total. The van der Waals surface area contributed by atoms with Crippen molar-refractivity contribution in [2.45, 2.75) is 94.5 Å². The van der Waals surface area contributed by atoms with Crippen molar-refractivity contribution in [1.29, 1.82) is 0 Å². The van der Waals surface area contributed by atoms with Gasteiger partial charge in [-0.1, -0.05) is 83.4 Å². The van der Waals surface area contributed by atoms with Crippen LogP contribution in [0.5, 0.6) is 0 Å². The van der Waals surface area contributed by atoms with Crippen LogP contribution >= 0.6 is 0 Å². The largest absolute Gasteiger partial charge is 0.386 e. The van der Waals surface area contributed by atoms with Gasteiger partial charge in [-0.25, -0.2) is 14.4 Å². The van der Waals surface area contributed by atoms with Crippen LogP contribution in [0.25, 0.3) is 11.6 Å². The molecule has 0 bridgehead atoms. The number of hydrogen-bond acceptors (Lipinski definition) is 7. The maximum atomic E-state index is 13.5. The van der Waals surface area contributed by atoms with Crippen LogP contribution in [0.2, 0.25) is 0 Å². The standard InChI is InChI=1S/C26H32FN3O.C5H12N2.C5H13N.C4H8/c1-6-8-10-20(11-9-12-27)25-24-22(29-23(16-28)30-25)15-21(18(4)7-2)14-17(3)13-19(5)26(24)31;1-4-5(6)7(2)3;1-4-6(3)5-2;1-4-2-3-4/h7-13,15,17H,6,14,16,28H2,1-5H3;4H,6H2,1-3H3;4-5H2,1-3H3;4H,2-3H2,1H3/b10-8-,12-9+,18-7+,19-13+,20-11+,21-15-;5-4+;;/t17-;;;/m0.../s1. The Hall–Kier alpha value is -3.62. The van der Waals surface area contributed by atoms with Crippen LogP contribution in [0.3, 0.4) is 0 Å². The zero-order valence-corrected chi connectivity index (χ0v) is 32.0. The molecule has 2 aliphatic carbocycles. The number of fused-ring (bicyclic) bond motifs is 1. The second-order valence-corrected chi connectivity index (χ2v) is 12.5. The van der Waals surface area contributed by atoms with Gasteiger partial charge in [0.2, 0.25) is 0 Å². The van der Waals surface area contributed by atoms with Crippen molar-refractivity contribution in [3.05, 3.63) is 94.2 Å². The molecule has 0 saturated heterocycles. The van der Waals surface area contributed by atoms with Crippen molar-refractivity contribution < 1.29 is 9.18 Å². The van der Waals surface area contributed by atoms with Crippen LogP contribution in [-0.2, 0) is 6.54 Å². The number of carbonyl (C=O) groups excluding carboxylic acids is 1. The van der Waals surface area contributed by atoms with E-state index in [0.717, 1.165) is 48.8 Å². The Morgan fingerprint density at radius 1 is 1.06 bits per heavy atom. The van der Waals surface area contributed by atoms with E-state index in [4.69, 9.17) is 11.5 Å². The van der Waals surface area contributed by atoms with Crippen LogP contribution in [0.1, 0.15) is 116 Å². The molecule has 8 heteroatoms. The molecule has 1 fully saturated rings. The minimum atomic E-state index is -0.129. The highest BCUT2D eigenvalue weighted by atomic mass is 19.1. The molecular formula is C40H65FN6O. The predicted octanol–water partition coefficient (Wildman–Crippen LogP) is 9.03. The fourth-order valence-corrected chi connectivity index (χ4v) is 4.19. The molecule has 1 atom stereocenters. The summed E-state index contributed by atoms with van der Waals surface area (Å²) in [6.45, 7) is 20.9. The third kappa shape index (κ3) is 17.0. The summed E-state index contributed by atoms with van der Waals surface area (Å²) in [5, 5.41) is 0. The summed E-state index contributed by atoms with van der Waals surface area (Å²) in [6.07, 6.45) is 19.6. The average Bonchev–Trinajstić information content (AvgIpc) is 3.87. The molecule has 1 aromatic rings. The van der Waals surface area contributed by atoms with E-state index in [-0.39, 0.29) is 18.2 Å². The molecule has 1 heterocycles. The van der Waals surface area contributed by atoms with Gasteiger partial charge in [0.1, 0.15) is 5.82 Å². The summed E-state index contributed by atoms with van der Waals surface area (Å²) in [4.78, 5) is 26.9. The first-order valence-corrected chi connectivity index (χ1v) is 17.3. The lowest BCUT2D eigenvalue weighted by atomic mass is 9.94. The molecule has 0 radical (unpaired) electrons. The Balaban J connectivity index is 0.00000105. The van der Waals surface area contributed by atoms with Crippen molar-refractivity contribution >= 4 is 17.4 Å². The lowest BCUT2D eigenvalue weighted by Gasteiger charge is -2.14. The van der Waals surface area contributed by atoms with Crippen LogP contribution in [0.4, 0.5) is 4.39 Å². The summed E-state index contributed by atoms with van der Waals surface area (Å²) in [6, 6.07) is 0. The quantitative estimate of drug-likeness (QED) is 0.254. The topological polar surface area (TPSA) is 101 Å². The van der Waals surface area contributed by atoms with Crippen LogP contribution < -0.4 is 11.5 Å². The monoisotopic (exact) mass is 665 g/mol. The van der Waals surface area contributed by atoms with Crippen LogP contribution in [0.15, 0.2) is 71.4 Å². The molecule has 4 N–H and O–H groups in total. The van der Waals surface area contributed by atoms with Crippen molar-refractivity contribution in [2.24, 2.45) is 23.3 Å². The molecule has 48 heavy (non-hydrogen) atoms. The summed E-state index contributed by atoms with van der Waals surface area (Å²) in [5.74, 6) is 2.38. The lowest BCUT2D eigenvalue weighted by Crippen LogP contribution is -2.17. The molecule has 0 spiro atoms. The molecule has 1 aromatic heterocycles. The number of nitrogens with zero attached hydrogens (tertiary/aromatic N) is 4. The molecule has 0 aliphatic heterocycles. The third-order valence-electron chi connectivity index (χ3n) is 7.99. The molecule has 0 amide bonds. The fraction of sp³-hybridized carbons (Fsp3) is 0.525. The molecule has 0 unspecified atom stereocenters. The van der Waals surface area contributed by atoms with Gasteiger partial charge in [-0.15, -0.1) is 0 Å². The van der Waals surface area contributed by atoms with E-state index in [9.17, 15) is 9.18 Å². The SMILES string of the molecule is C/C=C(C)/C1=C\c2nc(CN)nc(C(/C=C\CC)=C/C=C/F)c2C(=O)/C(C)=C/[C@H](C)C1.C/C=C(\N)N(C)C.CC1CC1.CCN(C)CC. The van der Waals surface area contributed by atoms with E-state index in [1.54, 1.807) is 6.08 Å². The van der Waals surface area contributed by atoms with Crippen molar-refractivity contribution in [2.75, 3.05) is 34.2 Å². The van der Waals surface area contributed by atoms with E-state index in [2.05, 4.69) is 62.6 Å². The number of Topliss-reactive ketones (excluding diaryl/α,β-unsaturated/α-hetero) is 1. The maximum Gasteiger partial charge on any atom is 0.192 e. The Kier molecular flexibility index (Phi) is 22.7. The molecule has 268 valence electrons. The number of halogens is 1. The van der Waals surface area contributed by atoms with Gasteiger partial charge in [0.15, 0.2) is 5.78 Å². The van der Waals surface area contributed by atoms with Crippen LogP contribution in [0, 0.1) is 11.8 Å². The van der Waals surface area contributed by atoms with Gasteiger partial charge in [-0.3, -0.25) is 4.79 Å². The highest BCUT2D eigenvalue weighted by Crippen LogP contribution is 2.31. The molecule has 1 saturated carbocycles. The van der Waals surface area contributed by atoms with Gasteiger partial charge >= 0.3 is 0 Å². The van der Waals surface area contributed by atoms with Crippen LogP contribution in [-0.4, -0.2) is 59.8 Å².